The van der Waals surface area contributed by atoms with Crippen molar-refractivity contribution in [3.63, 3.8) is 0 Å². The average molecular weight is 279 g/mol. The Morgan fingerprint density at radius 3 is 3.11 bits per heavy atom. The molecule has 1 aromatic rings. The molecule has 1 atom stereocenters. The minimum Gasteiger partial charge on any atom is -0.333 e. The summed E-state index contributed by atoms with van der Waals surface area (Å²) in [6.45, 7) is 7.21. The van der Waals surface area contributed by atoms with Crippen LogP contribution in [0, 0.1) is 0 Å². The van der Waals surface area contributed by atoms with Crippen LogP contribution in [0.2, 0.25) is 0 Å². The standard InChI is InChI=1S/C14H21N3OS/c1-2-6-17(10-13-4-3-8-19-13)14(18)11-16-7-5-12(15)9-16/h2-4,8,12H,1,5-7,9-11,15H2/t12-/m0/s1. The van der Waals surface area contributed by atoms with E-state index >= 15 is 0 Å². The second kappa shape index (κ2) is 6.84. The lowest BCUT2D eigenvalue weighted by atomic mass is 10.3. The molecule has 1 amide bonds. The quantitative estimate of drug-likeness (QED) is 0.799. The van der Waals surface area contributed by atoms with Gasteiger partial charge in [-0.25, -0.2) is 0 Å². The van der Waals surface area contributed by atoms with Gasteiger partial charge in [-0.1, -0.05) is 12.1 Å². The van der Waals surface area contributed by atoms with E-state index in [0.29, 0.717) is 19.6 Å². The van der Waals surface area contributed by atoms with Gasteiger partial charge in [-0.15, -0.1) is 17.9 Å². The molecule has 4 nitrogen and oxygen atoms in total. The van der Waals surface area contributed by atoms with E-state index in [1.54, 1.807) is 17.4 Å². The molecular formula is C14H21N3OS. The Kier molecular flexibility index (Phi) is 5.13. The number of thiophene rings is 1. The molecule has 1 aromatic heterocycles. The highest BCUT2D eigenvalue weighted by Crippen LogP contribution is 2.13. The summed E-state index contributed by atoms with van der Waals surface area (Å²) < 4.78 is 0. The number of likely N-dealkylation sites (tertiary alicyclic amines) is 1. The van der Waals surface area contributed by atoms with Crippen LogP contribution in [-0.4, -0.2) is 47.9 Å². The van der Waals surface area contributed by atoms with E-state index in [2.05, 4.69) is 17.5 Å². The van der Waals surface area contributed by atoms with Crippen LogP contribution in [0.1, 0.15) is 11.3 Å². The SMILES string of the molecule is C=CCN(Cc1cccs1)C(=O)CN1CC[C@H](N)C1. The highest BCUT2D eigenvalue weighted by Gasteiger charge is 2.23. The third-order valence-electron chi connectivity index (χ3n) is 3.30. The molecule has 5 heteroatoms. The Bertz CT molecular complexity index is 418. The summed E-state index contributed by atoms with van der Waals surface area (Å²) in [6.07, 6.45) is 2.76. The van der Waals surface area contributed by atoms with Gasteiger partial charge in [0.15, 0.2) is 0 Å². The van der Waals surface area contributed by atoms with Gasteiger partial charge in [-0.3, -0.25) is 9.69 Å². The van der Waals surface area contributed by atoms with E-state index in [1.165, 1.54) is 4.88 Å². The maximum atomic E-state index is 12.3. The minimum atomic E-state index is 0.155. The Morgan fingerprint density at radius 2 is 2.53 bits per heavy atom. The Hall–Kier alpha value is -1.17. The summed E-state index contributed by atoms with van der Waals surface area (Å²) in [5.41, 5.74) is 5.86. The van der Waals surface area contributed by atoms with Gasteiger partial charge < -0.3 is 10.6 Å². The van der Waals surface area contributed by atoms with Gasteiger partial charge in [-0.2, -0.15) is 0 Å². The van der Waals surface area contributed by atoms with Crippen molar-refractivity contribution in [1.82, 2.24) is 9.80 Å². The zero-order chi connectivity index (χ0) is 13.7. The fraction of sp³-hybridized carbons (Fsp3) is 0.500. The number of carbonyl (C=O) groups is 1. The maximum Gasteiger partial charge on any atom is 0.237 e. The molecule has 19 heavy (non-hydrogen) atoms. The van der Waals surface area contributed by atoms with Crippen molar-refractivity contribution < 1.29 is 4.79 Å². The van der Waals surface area contributed by atoms with Crippen LogP contribution in [-0.2, 0) is 11.3 Å². The van der Waals surface area contributed by atoms with Gasteiger partial charge in [0, 0.05) is 30.6 Å². The number of hydrogen-bond donors (Lipinski definition) is 1. The molecule has 0 spiro atoms. The lowest BCUT2D eigenvalue weighted by Gasteiger charge is -2.23. The summed E-state index contributed by atoms with van der Waals surface area (Å²) in [5.74, 6) is 0.155. The van der Waals surface area contributed by atoms with Gasteiger partial charge in [0.2, 0.25) is 5.91 Å². The van der Waals surface area contributed by atoms with Crippen LogP contribution in [0.3, 0.4) is 0 Å². The molecule has 104 valence electrons. The van der Waals surface area contributed by atoms with Crippen molar-refractivity contribution in [2.24, 2.45) is 5.73 Å². The normalized spacial score (nSPS) is 19.5. The summed E-state index contributed by atoms with van der Waals surface area (Å²) in [5, 5.41) is 2.03. The number of nitrogens with zero attached hydrogens (tertiary/aromatic N) is 2. The molecule has 1 fully saturated rings. The fourth-order valence-corrected chi connectivity index (χ4v) is 3.02. The van der Waals surface area contributed by atoms with E-state index in [0.717, 1.165) is 19.5 Å². The van der Waals surface area contributed by atoms with E-state index in [9.17, 15) is 4.79 Å². The topological polar surface area (TPSA) is 49.6 Å². The third kappa shape index (κ3) is 4.16. The Labute approximate surface area is 118 Å². The number of rotatable bonds is 6. The molecule has 2 N–H and O–H groups in total. The Morgan fingerprint density at radius 1 is 1.68 bits per heavy atom. The van der Waals surface area contributed by atoms with Gasteiger partial charge in [0.1, 0.15) is 0 Å². The molecule has 0 bridgehead atoms. The molecule has 0 saturated carbocycles. The summed E-state index contributed by atoms with van der Waals surface area (Å²) in [7, 11) is 0. The molecule has 2 rings (SSSR count). The lowest BCUT2D eigenvalue weighted by molar-refractivity contribution is -0.132. The monoisotopic (exact) mass is 279 g/mol. The molecule has 2 heterocycles. The molecule has 1 aliphatic heterocycles. The summed E-state index contributed by atoms with van der Waals surface area (Å²) in [6, 6.07) is 4.29. The number of amides is 1. The predicted molar refractivity (Wildman–Crippen MR) is 79.0 cm³/mol. The first-order chi connectivity index (χ1) is 9.19. The van der Waals surface area contributed by atoms with Crippen molar-refractivity contribution in [2.45, 2.75) is 19.0 Å². The molecule has 0 radical (unpaired) electrons. The first-order valence-electron chi connectivity index (χ1n) is 6.58. The highest BCUT2D eigenvalue weighted by atomic mass is 32.1. The van der Waals surface area contributed by atoms with Gasteiger partial charge in [-0.05, 0) is 17.9 Å². The van der Waals surface area contributed by atoms with Crippen molar-refractivity contribution in [1.29, 1.82) is 0 Å². The van der Waals surface area contributed by atoms with Gasteiger partial charge in [0.25, 0.3) is 0 Å². The zero-order valence-corrected chi connectivity index (χ0v) is 11.9. The third-order valence-corrected chi connectivity index (χ3v) is 4.16. The smallest absolute Gasteiger partial charge is 0.237 e. The molecule has 1 aliphatic rings. The van der Waals surface area contributed by atoms with Crippen molar-refractivity contribution in [2.75, 3.05) is 26.2 Å². The maximum absolute atomic E-state index is 12.3. The average Bonchev–Trinajstić information content (AvgIpc) is 3.01. The fourth-order valence-electron chi connectivity index (χ4n) is 2.30. The molecule has 0 aromatic carbocycles. The van der Waals surface area contributed by atoms with Crippen LogP contribution < -0.4 is 5.73 Å². The predicted octanol–water partition coefficient (Wildman–Crippen LogP) is 1.30. The molecular weight excluding hydrogens is 258 g/mol. The van der Waals surface area contributed by atoms with Gasteiger partial charge in [0.05, 0.1) is 13.1 Å². The van der Waals surface area contributed by atoms with E-state index in [-0.39, 0.29) is 11.9 Å². The largest absolute Gasteiger partial charge is 0.333 e. The molecule has 0 unspecified atom stereocenters. The zero-order valence-electron chi connectivity index (χ0n) is 11.1. The van der Waals surface area contributed by atoms with Crippen molar-refractivity contribution in [3.05, 3.63) is 35.0 Å². The van der Waals surface area contributed by atoms with Gasteiger partial charge >= 0.3 is 0 Å². The van der Waals surface area contributed by atoms with Crippen LogP contribution in [0.15, 0.2) is 30.2 Å². The number of hydrogen-bond acceptors (Lipinski definition) is 4. The number of carbonyl (C=O) groups excluding carboxylic acids is 1. The van der Waals surface area contributed by atoms with E-state index < -0.39 is 0 Å². The van der Waals surface area contributed by atoms with Crippen LogP contribution in [0.5, 0.6) is 0 Å². The summed E-state index contributed by atoms with van der Waals surface area (Å²) in [4.78, 5) is 17.5. The Balaban J connectivity index is 1.90. The first-order valence-corrected chi connectivity index (χ1v) is 7.46. The van der Waals surface area contributed by atoms with E-state index in [1.807, 2.05) is 16.3 Å². The second-order valence-corrected chi connectivity index (χ2v) is 5.96. The minimum absolute atomic E-state index is 0.155. The summed E-state index contributed by atoms with van der Waals surface area (Å²) >= 11 is 1.68. The van der Waals surface area contributed by atoms with Crippen LogP contribution in [0.4, 0.5) is 0 Å². The van der Waals surface area contributed by atoms with Crippen LogP contribution in [0.25, 0.3) is 0 Å². The van der Waals surface area contributed by atoms with Crippen molar-refractivity contribution >= 4 is 17.2 Å². The van der Waals surface area contributed by atoms with E-state index in [4.69, 9.17) is 5.73 Å². The second-order valence-electron chi connectivity index (χ2n) is 4.93. The number of nitrogens with two attached hydrogens (primary N) is 1. The highest BCUT2D eigenvalue weighted by molar-refractivity contribution is 7.09. The lowest BCUT2D eigenvalue weighted by Crippen LogP contribution is -2.40. The first kappa shape index (κ1) is 14.2. The molecule has 1 saturated heterocycles. The molecule has 0 aliphatic carbocycles. The van der Waals surface area contributed by atoms with Crippen LogP contribution >= 0.6 is 11.3 Å². The van der Waals surface area contributed by atoms with Crippen molar-refractivity contribution in [3.8, 4) is 0 Å².